The van der Waals surface area contributed by atoms with E-state index in [-0.39, 0.29) is 0 Å². The van der Waals surface area contributed by atoms with Gasteiger partial charge in [-0.2, -0.15) is 25.3 Å². The first-order valence-corrected chi connectivity index (χ1v) is 4.87. The summed E-state index contributed by atoms with van der Waals surface area (Å²) in [5.74, 6) is 1.78. The summed E-state index contributed by atoms with van der Waals surface area (Å²) in [6.07, 6.45) is 0. The van der Waals surface area contributed by atoms with Crippen LogP contribution in [0.2, 0.25) is 0 Å². The summed E-state index contributed by atoms with van der Waals surface area (Å²) in [7, 11) is 0. The summed E-state index contributed by atoms with van der Waals surface area (Å²) < 4.78 is 0. The topological polar surface area (TPSA) is 0 Å². The molecular formula is C9H14S2. The first-order chi connectivity index (χ1) is 5.35. The molecule has 0 bridgehead atoms. The van der Waals surface area contributed by atoms with Crippen molar-refractivity contribution < 1.29 is 0 Å². The van der Waals surface area contributed by atoms with Gasteiger partial charge in [0.2, 0.25) is 0 Å². The van der Waals surface area contributed by atoms with Gasteiger partial charge < -0.3 is 0 Å². The van der Waals surface area contributed by atoms with Crippen molar-refractivity contribution in [1.82, 2.24) is 0 Å². The highest BCUT2D eigenvalue weighted by molar-refractivity contribution is 7.80. The SMILES string of the molecule is CCS.SCc1ccccc1. The van der Waals surface area contributed by atoms with Crippen LogP contribution < -0.4 is 0 Å². The molecule has 0 radical (unpaired) electrons. The molecule has 0 saturated heterocycles. The fourth-order valence-electron chi connectivity index (χ4n) is 0.583. The summed E-state index contributed by atoms with van der Waals surface area (Å²) >= 11 is 7.90. The first kappa shape index (κ1) is 10.9. The fourth-order valence-corrected chi connectivity index (χ4v) is 0.794. The standard InChI is InChI=1S/C7H8S.C2H6S/c8-6-7-4-2-1-3-5-7;1-2-3/h1-5,8H,6H2;3H,2H2,1H3. The Kier molecular flexibility index (Phi) is 7.96. The molecule has 0 N–H and O–H groups in total. The Morgan fingerprint density at radius 1 is 1.09 bits per heavy atom. The maximum absolute atomic E-state index is 4.11. The molecular weight excluding hydrogens is 172 g/mol. The lowest BCUT2D eigenvalue weighted by atomic mass is 10.2. The van der Waals surface area contributed by atoms with E-state index in [1.165, 1.54) is 5.56 Å². The van der Waals surface area contributed by atoms with Crippen molar-refractivity contribution >= 4 is 25.3 Å². The van der Waals surface area contributed by atoms with Crippen molar-refractivity contribution in [2.24, 2.45) is 0 Å². The summed E-state index contributed by atoms with van der Waals surface area (Å²) in [4.78, 5) is 0. The van der Waals surface area contributed by atoms with Gasteiger partial charge in [-0.15, -0.1) is 0 Å². The molecule has 2 heteroatoms. The third kappa shape index (κ3) is 6.32. The highest BCUT2D eigenvalue weighted by atomic mass is 32.1. The second-order valence-electron chi connectivity index (χ2n) is 1.96. The maximum Gasteiger partial charge on any atom is 0.0154 e. The lowest BCUT2D eigenvalue weighted by Crippen LogP contribution is -1.71. The molecule has 0 unspecified atom stereocenters. The van der Waals surface area contributed by atoms with Crippen LogP contribution in [0.15, 0.2) is 30.3 Å². The molecule has 0 atom stereocenters. The second kappa shape index (κ2) is 8.02. The summed E-state index contributed by atoms with van der Waals surface area (Å²) in [6.45, 7) is 1.99. The lowest BCUT2D eigenvalue weighted by Gasteiger charge is -1.89. The number of hydrogen-bond acceptors (Lipinski definition) is 2. The minimum absolute atomic E-state index is 0.834. The van der Waals surface area contributed by atoms with E-state index in [9.17, 15) is 0 Å². The van der Waals surface area contributed by atoms with Crippen molar-refractivity contribution in [2.75, 3.05) is 5.75 Å². The zero-order chi connectivity index (χ0) is 8.53. The molecule has 0 saturated carbocycles. The third-order valence-electron chi connectivity index (χ3n) is 1.03. The quantitative estimate of drug-likeness (QED) is 0.619. The van der Waals surface area contributed by atoms with Crippen molar-refractivity contribution in [2.45, 2.75) is 12.7 Å². The lowest BCUT2D eigenvalue weighted by molar-refractivity contribution is 1.43. The monoisotopic (exact) mass is 186 g/mol. The van der Waals surface area contributed by atoms with Gasteiger partial charge in [0.15, 0.2) is 0 Å². The van der Waals surface area contributed by atoms with Crippen LogP contribution in [0.5, 0.6) is 0 Å². The van der Waals surface area contributed by atoms with Gasteiger partial charge in [-0.3, -0.25) is 0 Å². The van der Waals surface area contributed by atoms with Crippen LogP contribution in [0.25, 0.3) is 0 Å². The zero-order valence-corrected chi connectivity index (χ0v) is 8.48. The maximum atomic E-state index is 4.11. The summed E-state index contributed by atoms with van der Waals surface area (Å²) in [6, 6.07) is 10.2. The largest absolute Gasteiger partial charge is 0.180 e. The van der Waals surface area contributed by atoms with Gasteiger partial charge in [-0.1, -0.05) is 37.3 Å². The Hall–Kier alpha value is -0.0800. The normalized spacial score (nSPS) is 8.27. The van der Waals surface area contributed by atoms with Crippen molar-refractivity contribution in [3.05, 3.63) is 35.9 Å². The highest BCUT2D eigenvalue weighted by Crippen LogP contribution is 2.00. The van der Waals surface area contributed by atoms with E-state index in [0.29, 0.717) is 0 Å². The van der Waals surface area contributed by atoms with Crippen LogP contribution in [0.1, 0.15) is 12.5 Å². The van der Waals surface area contributed by atoms with E-state index < -0.39 is 0 Å². The second-order valence-corrected chi connectivity index (χ2v) is 2.91. The van der Waals surface area contributed by atoms with Crippen LogP contribution in [-0.4, -0.2) is 5.75 Å². The molecule has 1 rings (SSSR count). The molecule has 0 aliphatic carbocycles. The molecule has 1 aromatic carbocycles. The summed E-state index contributed by atoms with van der Waals surface area (Å²) in [5.41, 5.74) is 1.27. The number of benzene rings is 1. The average molecular weight is 186 g/mol. The van der Waals surface area contributed by atoms with E-state index >= 15 is 0 Å². The average Bonchev–Trinajstić information content (AvgIpc) is 2.08. The number of rotatable bonds is 1. The molecule has 0 nitrogen and oxygen atoms in total. The van der Waals surface area contributed by atoms with Gasteiger partial charge in [0.25, 0.3) is 0 Å². The van der Waals surface area contributed by atoms with E-state index in [1.807, 2.05) is 25.1 Å². The molecule has 0 spiro atoms. The number of thiol groups is 2. The van der Waals surface area contributed by atoms with Crippen molar-refractivity contribution in [1.29, 1.82) is 0 Å². The Morgan fingerprint density at radius 3 is 1.82 bits per heavy atom. The zero-order valence-electron chi connectivity index (χ0n) is 6.70. The van der Waals surface area contributed by atoms with Crippen LogP contribution >= 0.6 is 25.3 Å². The smallest absolute Gasteiger partial charge is 0.0154 e. The Morgan fingerprint density at radius 2 is 1.55 bits per heavy atom. The van der Waals surface area contributed by atoms with Crippen molar-refractivity contribution in [3.8, 4) is 0 Å². The van der Waals surface area contributed by atoms with E-state index in [1.54, 1.807) is 0 Å². The van der Waals surface area contributed by atoms with Crippen molar-refractivity contribution in [3.63, 3.8) is 0 Å². The van der Waals surface area contributed by atoms with Crippen LogP contribution in [0.3, 0.4) is 0 Å². The highest BCUT2D eigenvalue weighted by Gasteiger charge is 1.80. The van der Waals surface area contributed by atoms with E-state index in [4.69, 9.17) is 0 Å². The molecule has 0 fully saturated rings. The predicted molar refractivity (Wildman–Crippen MR) is 58.7 cm³/mol. The molecule has 1 aromatic rings. The van der Waals surface area contributed by atoms with Crippen LogP contribution in [-0.2, 0) is 5.75 Å². The van der Waals surface area contributed by atoms with E-state index in [0.717, 1.165) is 11.5 Å². The van der Waals surface area contributed by atoms with Gasteiger partial charge in [0.05, 0.1) is 0 Å². The minimum Gasteiger partial charge on any atom is -0.180 e. The van der Waals surface area contributed by atoms with Crippen LogP contribution in [0.4, 0.5) is 0 Å². The Bertz CT molecular complexity index is 160. The predicted octanol–water partition coefficient (Wildman–Crippen LogP) is 3.05. The van der Waals surface area contributed by atoms with Gasteiger partial charge >= 0.3 is 0 Å². The Labute approximate surface area is 79.8 Å². The first-order valence-electron chi connectivity index (χ1n) is 3.60. The van der Waals surface area contributed by atoms with Gasteiger partial charge in [0.1, 0.15) is 0 Å². The summed E-state index contributed by atoms with van der Waals surface area (Å²) in [5, 5.41) is 0. The molecule has 0 aliphatic rings. The third-order valence-corrected chi connectivity index (χ3v) is 1.39. The molecule has 0 heterocycles. The minimum atomic E-state index is 0.834. The molecule has 0 amide bonds. The molecule has 62 valence electrons. The van der Waals surface area contributed by atoms with E-state index in [2.05, 4.69) is 37.4 Å². The Balaban J connectivity index is 0.000000292. The fraction of sp³-hybridized carbons (Fsp3) is 0.333. The van der Waals surface area contributed by atoms with Gasteiger partial charge in [0, 0.05) is 5.75 Å². The molecule has 11 heavy (non-hydrogen) atoms. The van der Waals surface area contributed by atoms with Gasteiger partial charge in [-0.25, -0.2) is 0 Å². The van der Waals surface area contributed by atoms with Crippen LogP contribution in [0, 0.1) is 0 Å². The molecule has 0 aromatic heterocycles. The van der Waals surface area contributed by atoms with Gasteiger partial charge in [-0.05, 0) is 11.3 Å². The number of hydrogen-bond donors (Lipinski definition) is 2. The molecule has 0 aliphatic heterocycles.